The quantitative estimate of drug-likeness (QED) is 0.353. The van der Waals surface area contributed by atoms with Crippen LogP contribution in [0.3, 0.4) is 0 Å². The van der Waals surface area contributed by atoms with Crippen molar-refractivity contribution in [1.29, 1.82) is 5.41 Å². The van der Waals surface area contributed by atoms with E-state index in [4.69, 9.17) is 14.9 Å². The van der Waals surface area contributed by atoms with Gasteiger partial charge in [0.2, 0.25) is 11.5 Å². The Bertz CT molecular complexity index is 1230. The molecule has 0 fully saturated rings. The Morgan fingerprint density at radius 1 is 1.12 bits per heavy atom. The first-order valence-electron chi connectivity index (χ1n) is 11.1. The van der Waals surface area contributed by atoms with Gasteiger partial charge in [-0.1, -0.05) is 20.8 Å². The second-order valence-electron chi connectivity index (χ2n) is 9.02. The molecule has 8 nitrogen and oxygen atoms in total. The van der Waals surface area contributed by atoms with E-state index in [1.54, 1.807) is 6.07 Å². The van der Waals surface area contributed by atoms with Gasteiger partial charge in [0.05, 0.1) is 19.9 Å². The molecule has 34 heavy (non-hydrogen) atoms. The van der Waals surface area contributed by atoms with Gasteiger partial charge in [-0.05, 0) is 49.9 Å². The van der Waals surface area contributed by atoms with Crippen molar-refractivity contribution < 1.29 is 18.7 Å². The third-order valence-corrected chi connectivity index (χ3v) is 5.49. The monoisotopic (exact) mass is 493 g/mol. The highest BCUT2D eigenvalue weighted by Crippen LogP contribution is 2.28. The fraction of sp³-hybridized carbons (Fsp3) is 0.500. The molecule has 1 aromatic carbocycles. The molecule has 0 aliphatic carbocycles. The number of ether oxygens (including phenoxy) is 2. The van der Waals surface area contributed by atoms with Crippen molar-refractivity contribution in [3.63, 3.8) is 0 Å². The van der Waals surface area contributed by atoms with Crippen LogP contribution in [0.25, 0.3) is 5.65 Å². The summed E-state index contributed by atoms with van der Waals surface area (Å²) in [6, 6.07) is 5.39. The zero-order valence-corrected chi connectivity index (χ0v) is 21.4. The third kappa shape index (κ3) is 5.75. The predicted octanol–water partition coefficient (Wildman–Crippen LogP) is 4.37. The van der Waals surface area contributed by atoms with Crippen LogP contribution in [0.1, 0.15) is 61.2 Å². The van der Waals surface area contributed by atoms with Crippen LogP contribution in [0.2, 0.25) is 0 Å². The molecule has 0 unspecified atom stereocenters. The summed E-state index contributed by atoms with van der Waals surface area (Å²) in [6.07, 6.45) is 0.290. The minimum Gasteiger partial charge on any atom is -0.493 e. The zero-order chi connectivity index (χ0) is 24.3. The number of hydrogen-bond donors (Lipinski definition) is 1. The van der Waals surface area contributed by atoms with Crippen molar-refractivity contribution >= 4 is 23.8 Å². The SMILES string of the molecule is CCOc1nn2c(=N)n(CC(=O)c3cc(OCCCF)cc(C(C)(C)C)c3)nc2c(C)c1C.Cl. The molecular weight excluding hydrogens is 461 g/mol. The molecule has 2 aromatic heterocycles. The van der Waals surface area contributed by atoms with E-state index < -0.39 is 6.67 Å². The highest BCUT2D eigenvalue weighted by atomic mass is 35.5. The number of aromatic nitrogens is 4. The van der Waals surface area contributed by atoms with Gasteiger partial charge in [-0.25, -0.2) is 4.68 Å². The van der Waals surface area contributed by atoms with Crippen molar-refractivity contribution in [1.82, 2.24) is 19.4 Å². The number of fused-ring (bicyclic) bond motifs is 1. The number of carbonyl (C=O) groups excluding carboxylic acids is 1. The van der Waals surface area contributed by atoms with Gasteiger partial charge in [-0.3, -0.25) is 14.6 Å². The van der Waals surface area contributed by atoms with Gasteiger partial charge in [0, 0.05) is 23.1 Å². The van der Waals surface area contributed by atoms with E-state index in [0.717, 1.165) is 16.7 Å². The maximum Gasteiger partial charge on any atom is 0.242 e. The number of alkyl halides is 1. The number of ketones is 1. The van der Waals surface area contributed by atoms with E-state index >= 15 is 0 Å². The Kier molecular flexibility index (Phi) is 8.83. The average molecular weight is 494 g/mol. The smallest absolute Gasteiger partial charge is 0.242 e. The van der Waals surface area contributed by atoms with E-state index in [1.807, 2.05) is 53.7 Å². The Hall–Kier alpha value is -2.94. The standard InChI is InChI=1S/C24H32FN5O3.ClH/c1-7-32-22-16(3)15(2)21-27-29(23(26)30(21)28-22)14-20(31)17-11-18(24(4,5)6)13-19(12-17)33-10-8-9-25;/h11-13,26H,7-10,14H2,1-6H3;1H. The third-order valence-electron chi connectivity index (χ3n) is 5.49. The molecule has 2 heterocycles. The Morgan fingerprint density at radius 3 is 2.44 bits per heavy atom. The Morgan fingerprint density at radius 2 is 1.82 bits per heavy atom. The molecule has 0 saturated carbocycles. The van der Waals surface area contributed by atoms with E-state index in [1.165, 1.54) is 9.20 Å². The van der Waals surface area contributed by atoms with Gasteiger partial charge < -0.3 is 9.47 Å². The summed E-state index contributed by atoms with van der Waals surface area (Å²) in [5.41, 5.74) is 3.36. The van der Waals surface area contributed by atoms with Crippen LogP contribution >= 0.6 is 12.4 Å². The van der Waals surface area contributed by atoms with E-state index in [2.05, 4.69) is 10.2 Å². The van der Waals surface area contributed by atoms with Crippen molar-refractivity contribution in [2.45, 2.75) is 59.9 Å². The van der Waals surface area contributed by atoms with Crippen LogP contribution < -0.4 is 15.1 Å². The van der Waals surface area contributed by atoms with Crippen molar-refractivity contribution in [3.8, 4) is 11.6 Å². The van der Waals surface area contributed by atoms with Crippen LogP contribution in [0.5, 0.6) is 11.6 Å². The lowest BCUT2D eigenvalue weighted by molar-refractivity contribution is 0.0965. The molecule has 0 spiro atoms. The molecule has 0 bridgehead atoms. The molecule has 0 radical (unpaired) electrons. The minimum absolute atomic E-state index is 0. The van der Waals surface area contributed by atoms with Gasteiger partial charge >= 0.3 is 0 Å². The number of Topliss-reactive ketones (excluding diaryl/α,β-unsaturated/α-hetero) is 1. The first kappa shape index (κ1) is 27.3. The molecular formula is C24H33ClFN5O3. The highest BCUT2D eigenvalue weighted by Gasteiger charge is 2.20. The number of halogens is 2. The molecule has 0 saturated heterocycles. The maximum absolute atomic E-state index is 13.2. The normalized spacial score (nSPS) is 11.4. The summed E-state index contributed by atoms with van der Waals surface area (Å²) in [6.45, 7) is 11.9. The van der Waals surface area contributed by atoms with E-state index in [9.17, 15) is 9.18 Å². The van der Waals surface area contributed by atoms with E-state index in [0.29, 0.717) is 29.4 Å². The Balaban J connectivity index is 0.00000408. The predicted molar refractivity (Wildman–Crippen MR) is 130 cm³/mol. The zero-order valence-electron chi connectivity index (χ0n) is 20.6. The van der Waals surface area contributed by atoms with Gasteiger partial charge in [-0.15, -0.1) is 22.6 Å². The van der Waals surface area contributed by atoms with Gasteiger partial charge in [-0.2, -0.15) is 4.52 Å². The number of aryl methyl sites for hydroxylation is 1. The van der Waals surface area contributed by atoms with Gasteiger partial charge in [0.25, 0.3) is 0 Å². The Labute approximate surface area is 205 Å². The second-order valence-corrected chi connectivity index (χ2v) is 9.02. The molecule has 0 amide bonds. The fourth-order valence-electron chi connectivity index (χ4n) is 3.37. The highest BCUT2D eigenvalue weighted by molar-refractivity contribution is 5.96. The molecule has 1 N–H and O–H groups in total. The van der Waals surface area contributed by atoms with Crippen LogP contribution in [-0.2, 0) is 12.0 Å². The van der Waals surface area contributed by atoms with Crippen molar-refractivity contribution in [2.24, 2.45) is 0 Å². The lowest BCUT2D eigenvalue weighted by Gasteiger charge is -2.21. The summed E-state index contributed by atoms with van der Waals surface area (Å²) in [5, 5.41) is 17.4. The molecule has 3 rings (SSSR count). The van der Waals surface area contributed by atoms with Crippen LogP contribution in [-0.4, -0.2) is 45.1 Å². The lowest BCUT2D eigenvalue weighted by atomic mass is 9.85. The molecule has 186 valence electrons. The number of rotatable bonds is 9. The van der Waals surface area contributed by atoms with Gasteiger partial charge in [0.15, 0.2) is 11.4 Å². The number of carbonyl (C=O) groups is 1. The maximum atomic E-state index is 13.2. The van der Waals surface area contributed by atoms with E-state index in [-0.39, 0.29) is 48.8 Å². The number of nitrogens with one attached hydrogen (secondary N) is 1. The molecule has 0 aliphatic rings. The molecule has 10 heteroatoms. The number of hydrogen-bond acceptors (Lipinski definition) is 6. The van der Waals surface area contributed by atoms with Crippen LogP contribution in [0, 0.1) is 19.3 Å². The summed E-state index contributed by atoms with van der Waals surface area (Å²) in [7, 11) is 0. The number of benzene rings is 1. The average Bonchev–Trinajstić information content (AvgIpc) is 3.07. The van der Waals surface area contributed by atoms with Gasteiger partial charge in [0.1, 0.15) is 12.3 Å². The molecule has 0 aliphatic heterocycles. The summed E-state index contributed by atoms with van der Waals surface area (Å²) in [5.74, 6) is 0.761. The van der Waals surface area contributed by atoms with Crippen LogP contribution in [0.15, 0.2) is 18.2 Å². The lowest BCUT2D eigenvalue weighted by Crippen LogP contribution is -2.26. The largest absolute Gasteiger partial charge is 0.493 e. The van der Waals surface area contributed by atoms with Crippen molar-refractivity contribution in [2.75, 3.05) is 19.9 Å². The van der Waals surface area contributed by atoms with Crippen molar-refractivity contribution in [3.05, 3.63) is 46.1 Å². The second kappa shape index (κ2) is 11.0. The summed E-state index contributed by atoms with van der Waals surface area (Å²) in [4.78, 5) is 13.2. The fourth-order valence-corrected chi connectivity index (χ4v) is 3.37. The first-order valence-corrected chi connectivity index (χ1v) is 11.1. The molecule has 0 atom stereocenters. The first-order chi connectivity index (χ1) is 15.6. The summed E-state index contributed by atoms with van der Waals surface area (Å²) < 4.78 is 26.5. The summed E-state index contributed by atoms with van der Waals surface area (Å²) >= 11 is 0. The molecule has 3 aromatic rings. The topological polar surface area (TPSA) is 94.5 Å². The van der Waals surface area contributed by atoms with Crippen LogP contribution in [0.4, 0.5) is 4.39 Å². The minimum atomic E-state index is -0.459. The number of nitrogens with zero attached hydrogens (tertiary/aromatic N) is 4.